The number of hydrogen-bond acceptors (Lipinski definition) is 3. The number of halogens is 4. The van der Waals surface area contributed by atoms with Crippen LogP contribution in [0.4, 0.5) is 13.2 Å². The predicted octanol–water partition coefficient (Wildman–Crippen LogP) is 2.83. The van der Waals surface area contributed by atoms with Gasteiger partial charge in [0.25, 0.3) is 0 Å². The molecular weight excluding hydrogens is 488 g/mol. The minimum absolute atomic E-state index is 0. The molecule has 1 aromatic rings. The molecule has 0 heterocycles. The molecule has 0 aromatic heterocycles. The minimum Gasteiger partial charge on any atom is -0.484 e. The van der Waals surface area contributed by atoms with E-state index in [0.29, 0.717) is 32.1 Å². The zero-order valence-electron chi connectivity index (χ0n) is 15.6. The van der Waals surface area contributed by atoms with E-state index in [1.54, 1.807) is 12.1 Å². The molecule has 0 atom stereocenters. The Morgan fingerprint density at radius 1 is 1.14 bits per heavy atom. The summed E-state index contributed by atoms with van der Waals surface area (Å²) in [5.74, 6) is 1.06. The zero-order chi connectivity index (χ0) is 19.7. The fourth-order valence-corrected chi connectivity index (χ4v) is 2.22. The summed E-state index contributed by atoms with van der Waals surface area (Å²) >= 11 is 0. The summed E-state index contributed by atoms with van der Waals surface area (Å²) in [6, 6.07) is 6.33. The van der Waals surface area contributed by atoms with Crippen molar-refractivity contribution in [3.05, 3.63) is 29.8 Å². The van der Waals surface area contributed by atoms with Crippen molar-refractivity contribution in [1.82, 2.24) is 16.0 Å². The summed E-state index contributed by atoms with van der Waals surface area (Å²) in [5.41, 5.74) is 0.841. The molecule has 0 saturated heterocycles. The number of benzene rings is 1. The molecule has 28 heavy (non-hydrogen) atoms. The maximum atomic E-state index is 12.1. The monoisotopic (exact) mass is 514 g/mol. The predicted molar refractivity (Wildman–Crippen MR) is 112 cm³/mol. The lowest BCUT2D eigenvalue weighted by molar-refractivity contribution is -0.153. The molecule has 0 radical (unpaired) electrons. The van der Waals surface area contributed by atoms with Crippen LogP contribution in [-0.4, -0.2) is 44.3 Å². The van der Waals surface area contributed by atoms with Crippen molar-refractivity contribution >= 4 is 35.8 Å². The van der Waals surface area contributed by atoms with Gasteiger partial charge in [0.05, 0.1) is 6.54 Å². The molecule has 0 bridgehead atoms. The molecule has 10 heteroatoms. The first-order valence-corrected chi connectivity index (χ1v) is 8.96. The highest BCUT2D eigenvalue weighted by atomic mass is 127. The number of nitrogens with one attached hydrogen (secondary N) is 3. The van der Waals surface area contributed by atoms with Crippen LogP contribution in [0.3, 0.4) is 0 Å². The lowest BCUT2D eigenvalue weighted by Crippen LogP contribution is -2.41. The standard InChI is InChI=1S/C18H25F3N4O2.HI/c1-2-22-17(24-10-9-23-16(26)14-5-6-14)25-11-13-3-7-15(8-4-13)27-12-18(19,20)21;/h3-4,7-8,14H,2,5-6,9-12H2,1H3,(H,23,26)(H2,22,24,25);1H. The van der Waals surface area contributed by atoms with Gasteiger partial charge in [-0.25, -0.2) is 4.99 Å². The third-order valence-electron chi connectivity index (χ3n) is 3.75. The summed E-state index contributed by atoms with van der Waals surface area (Å²) in [6.45, 7) is 2.75. The van der Waals surface area contributed by atoms with Gasteiger partial charge >= 0.3 is 6.18 Å². The average molecular weight is 514 g/mol. The maximum Gasteiger partial charge on any atom is 0.422 e. The Kier molecular flexibility index (Phi) is 10.4. The van der Waals surface area contributed by atoms with E-state index in [1.807, 2.05) is 6.92 Å². The Morgan fingerprint density at radius 2 is 1.79 bits per heavy atom. The normalized spacial score (nSPS) is 14.1. The third-order valence-corrected chi connectivity index (χ3v) is 3.75. The second-order valence-corrected chi connectivity index (χ2v) is 6.24. The van der Waals surface area contributed by atoms with Crippen LogP contribution >= 0.6 is 24.0 Å². The number of ether oxygens (including phenoxy) is 1. The van der Waals surface area contributed by atoms with Crippen molar-refractivity contribution < 1.29 is 22.7 Å². The largest absolute Gasteiger partial charge is 0.484 e. The molecule has 0 aliphatic heterocycles. The smallest absolute Gasteiger partial charge is 0.422 e. The molecule has 1 saturated carbocycles. The van der Waals surface area contributed by atoms with E-state index in [9.17, 15) is 18.0 Å². The first-order valence-electron chi connectivity index (χ1n) is 8.96. The van der Waals surface area contributed by atoms with Crippen LogP contribution in [0.5, 0.6) is 5.75 Å². The van der Waals surface area contributed by atoms with Gasteiger partial charge in [-0.15, -0.1) is 24.0 Å². The topological polar surface area (TPSA) is 74.8 Å². The summed E-state index contributed by atoms with van der Waals surface area (Å²) in [6.07, 6.45) is -2.40. The number of carbonyl (C=O) groups is 1. The van der Waals surface area contributed by atoms with E-state index in [4.69, 9.17) is 0 Å². The van der Waals surface area contributed by atoms with Crippen LogP contribution in [0.2, 0.25) is 0 Å². The van der Waals surface area contributed by atoms with Crippen molar-refractivity contribution in [2.24, 2.45) is 10.9 Å². The number of guanidine groups is 1. The molecule has 0 spiro atoms. The SMILES string of the molecule is CCNC(=NCc1ccc(OCC(F)(F)F)cc1)NCCNC(=O)C1CC1.I. The van der Waals surface area contributed by atoms with Gasteiger partial charge in [-0.2, -0.15) is 13.2 Å². The zero-order valence-corrected chi connectivity index (χ0v) is 18.0. The van der Waals surface area contributed by atoms with Gasteiger partial charge in [0.1, 0.15) is 5.75 Å². The van der Waals surface area contributed by atoms with Crippen LogP contribution in [0, 0.1) is 5.92 Å². The van der Waals surface area contributed by atoms with Gasteiger partial charge in [0.2, 0.25) is 5.91 Å². The molecule has 1 aromatic carbocycles. The Labute approximate surface area is 179 Å². The Hall–Kier alpha value is -1.72. The number of aliphatic imine (C=N–C) groups is 1. The van der Waals surface area contributed by atoms with Gasteiger partial charge in [-0.1, -0.05) is 12.1 Å². The van der Waals surface area contributed by atoms with Gasteiger partial charge in [-0.05, 0) is 37.5 Å². The fourth-order valence-electron chi connectivity index (χ4n) is 2.22. The van der Waals surface area contributed by atoms with Gasteiger partial charge < -0.3 is 20.7 Å². The molecule has 1 fully saturated rings. The second kappa shape index (κ2) is 12.0. The third kappa shape index (κ3) is 10.00. The van der Waals surface area contributed by atoms with Crippen LogP contribution in [0.1, 0.15) is 25.3 Å². The van der Waals surface area contributed by atoms with Crippen LogP contribution in [-0.2, 0) is 11.3 Å². The van der Waals surface area contributed by atoms with Crippen LogP contribution in [0.25, 0.3) is 0 Å². The summed E-state index contributed by atoms with van der Waals surface area (Å²) in [4.78, 5) is 16.0. The van der Waals surface area contributed by atoms with E-state index in [2.05, 4.69) is 25.7 Å². The number of nitrogens with zero attached hydrogens (tertiary/aromatic N) is 1. The lowest BCUT2D eigenvalue weighted by Gasteiger charge is -2.12. The molecule has 3 N–H and O–H groups in total. The molecule has 158 valence electrons. The van der Waals surface area contributed by atoms with E-state index < -0.39 is 12.8 Å². The van der Waals surface area contributed by atoms with Gasteiger partial charge in [-0.3, -0.25) is 4.79 Å². The highest BCUT2D eigenvalue weighted by molar-refractivity contribution is 14.0. The Bertz CT molecular complexity index is 635. The summed E-state index contributed by atoms with van der Waals surface area (Å²) in [7, 11) is 0. The van der Waals surface area contributed by atoms with Crippen LogP contribution in [0.15, 0.2) is 29.3 Å². The van der Waals surface area contributed by atoms with E-state index in [1.165, 1.54) is 12.1 Å². The molecule has 1 amide bonds. The van der Waals surface area contributed by atoms with Crippen molar-refractivity contribution in [2.45, 2.75) is 32.5 Å². The van der Waals surface area contributed by atoms with E-state index in [0.717, 1.165) is 18.4 Å². The summed E-state index contributed by atoms with van der Waals surface area (Å²) in [5, 5.41) is 9.10. The first kappa shape index (κ1) is 24.3. The molecule has 6 nitrogen and oxygen atoms in total. The van der Waals surface area contributed by atoms with Crippen molar-refractivity contribution in [3.63, 3.8) is 0 Å². The first-order chi connectivity index (χ1) is 12.9. The number of rotatable bonds is 9. The number of carbonyl (C=O) groups excluding carboxylic acids is 1. The van der Waals surface area contributed by atoms with Gasteiger partial charge in [0, 0.05) is 25.6 Å². The Morgan fingerprint density at radius 3 is 2.36 bits per heavy atom. The highest BCUT2D eigenvalue weighted by Crippen LogP contribution is 2.28. The average Bonchev–Trinajstić information content (AvgIpc) is 3.46. The van der Waals surface area contributed by atoms with Crippen molar-refractivity contribution in [3.8, 4) is 5.75 Å². The Balaban J connectivity index is 0.00000392. The lowest BCUT2D eigenvalue weighted by atomic mass is 10.2. The van der Waals surface area contributed by atoms with Crippen molar-refractivity contribution in [1.29, 1.82) is 0 Å². The minimum atomic E-state index is -4.35. The van der Waals surface area contributed by atoms with Gasteiger partial charge in [0.15, 0.2) is 12.6 Å². The number of alkyl halides is 3. The fraction of sp³-hybridized carbons (Fsp3) is 0.556. The molecule has 2 rings (SSSR count). The second-order valence-electron chi connectivity index (χ2n) is 6.24. The van der Waals surface area contributed by atoms with E-state index >= 15 is 0 Å². The number of amides is 1. The van der Waals surface area contributed by atoms with Crippen molar-refractivity contribution in [2.75, 3.05) is 26.2 Å². The summed E-state index contributed by atoms with van der Waals surface area (Å²) < 4.78 is 41.1. The quantitative estimate of drug-likeness (QED) is 0.205. The maximum absolute atomic E-state index is 12.1. The van der Waals surface area contributed by atoms with E-state index in [-0.39, 0.29) is 41.6 Å². The molecular formula is C18H26F3IN4O2. The molecule has 1 aliphatic carbocycles. The molecule has 1 aliphatic rings. The van der Waals surface area contributed by atoms with Crippen LogP contribution < -0.4 is 20.7 Å². The molecule has 0 unspecified atom stereocenters. The highest BCUT2D eigenvalue weighted by Gasteiger charge is 2.29. The number of hydrogen-bond donors (Lipinski definition) is 3.